The molecule has 1 aliphatic carbocycles. The first-order chi connectivity index (χ1) is 8.20. The molecule has 0 heterocycles. The molecular weight excluding hydrogens is 237 g/mol. The Labute approximate surface area is 107 Å². The largest absolute Gasteiger partial charge is 0.330 e. The van der Waals surface area contributed by atoms with E-state index in [1.807, 2.05) is 0 Å². The molecule has 0 bridgehead atoms. The molecule has 3 heteroatoms. The average Bonchev–Trinajstić information content (AvgIpc) is 2.33. The number of benzene rings is 1. The Bertz CT molecular complexity index is 380. The molecule has 1 fully saturated rings. The highest BCUT2D eigenvalue weighted by atomic mass is 35.5. The fourth-order valence-corrected chi connectivity index (χ4v) is 3.08. The SMILES string of the molecule is NCC1CCCCC1Cc1ccc(F)cc1Cl. The van der Waals surface area contributed by atoms with E-state index in [4.69, 9.17) is 17.3 Å². The Kier molecular flexibility index (Phi) is 4.41. The van der Waals surface area contributed by atoms with Crippen LogP contribution in [0.1, 0.15) is 31.2 Å². The third-order valence-electron chi connectivity index (χ3n) is 3.87. The molecule has 17 heavy (non-hydrogen) atoms. The van der Waals surface area contributed by atoms with Crippen LogP contribution in [0.4, 0.5) is 4.39 Å². The van der Waals surface area contributed by atoms with E-state index in [1.165, 1.54) is 37.8 Å². The number of hydrogen-bond acceptors (Lipinski definition) is 1. The van der Waals surface area contributed by atoms with Crippen LogP contribution in [0.25, 0.3) is 0 Å². The predicted octanol–water partition coefficient (Wildman–Crippen LogP) is 3.79. The molecular formula is C14H19ClFN. The lowest BCUT2D eigenvalue weighted by molar-refractivity contribution is 0.242. The van der Waals surface area contributed by atoms with Crippen molar-refractivity contribution in [2.45, 2.75) is 32.1 Å². The van der Waals surface area contributed by atoms with Crippen molar-refractivity contribution < 1.29 is 4.39 Å². The van der Waals surface area contributed by atoms with E-state index in [2.05, 4.69) is 0 Å². The lowest BCUT2D eigenvalue weighted by atomic mass is 9.76. The molecule has 0 amide bonds. The summed E-state index contributed by atoms with van der Waals surface area (Å²) in [5, 5.41) is 0.548. The van der Waals surface area contributed by atoms with Crippen LogP contribution in [0.15, 0.2) is 18.2 Å². The van der Waals surface area contributed by atoms with Gasteiger partial charge in [-0.05, 0) is 55.3 Å². The van der Waals surface area contributed by atoms with Crippen LogP contribution < -0.4 is 5.73 Å². The summed E-state index contributed by atoms with van der Waals surface area (Å²) in [4.78, 5) is 0. The molecule has 1 aromatic rings. The monoisotopic (exact) mass is 255 g/mol. The zero-order valence-corrected chi connectivity index (χ0v) is 10.7. The van der Waals surface area contributed by atoms with Gasteiger partial charge in [0.15, 0.2) is 0 Å². The van der Waals surface area contributed by atoms with Gasteiger partial charge in [-0.1, -0.05) is 30.5 Å². The van der Waals surface area contributed by atoms with Gasteiger partial charge in [0.05, 0.1) is 0 Å². The van der Waals surface area contributed by atoms with Crippen molar-refractivity contribution in [3.63, 3.8) is 0 Å². The molecule has 2 N–H and O–H groups in total. The second-order valence-electron chi connectivity index (χ2n) is 4.98. The minimum absolute atomic E-state index is 0.266. The standard InChI is InChI=1S/C14H19ClFN/c15-14-8-13(16)6-5-11(14)7-10-3-1-2-4-12(10)9-17/h5-6,8,10,12H,1-4,7,9,17H2. The van der Waals surface area contributed by atoms with Crippen molar-refractivity contribution in [1.29, 1.82) is 0 Å². The van der Waals surface area contributed by atoms with Gasteiger partial charge in [-0.25, -0.2) is 4.39 Å². The van der Waals surface area contributed by atoms with Crippen molar-refractivity contribution in [3.05, 3.63) is 34.6 Å². The van der Waals surface area contributed by atoms with E-state index >= 15 is 0 Å². The molecule has 1 saturated carbocycles. The zero-order chi connectivity index (χ0) is 12.3. The zero-order valence-electron chi connectivity index (χ0n) is 9.96. The van der Waals surface area contributed by atoms with Crippen molar-refractivity contribution in [1.82, 2.24) is 0 Å². The lowest BCUT2D eigenvalue weighted by Gasteiger charge is -2.31. The van der Waals surface area contributed by atoms with Crippen molar-refractivity contribution in [2.75, 3.05) is 6.54 Å². The number of nitrogens with two attached hydrogens (primary N) is 1. The summed E-state index contributed by atoms with van der Waals surface area (Å²) in [5.41, 5.74) is 6.87. The van der Waals surface area contributed by atoms with E-state index in [1.54, 1.807) is 6.07 Å². The first-order valence-electron chi connectivity index (χ1n) is 6.34. The van der Waals surface area contributed by atoms with Crippen molar-refractivity contribution in [3.8, 4) is 0 Å². The molecule has 1 nitrogen and oxygen atoms in total. The highest BCUT2D eigenvalue weighted by Crippen LogP contribution is 2.33. The maximum Gasteiger partial charge on any atom is 0.124 e. The van der Waals surface area contributed by atoms with Gasteiger partial charge < -0.3 is 5.73 Å². The van der Waals surface area contributed by atoms with Crippen LogP contribution in [0.5, 0.6) is 0 Å². The van der Waals surface area contributed by atoms with Crippen LogP contribution >= 0.6 is 11.6 Å². The van der Waals surface area contributed by atoms with E-state index in [0.29, 0.717) is 16.9 Å². The Morgan fingerprint density at radius 3 is 2.59 bits per heavy atom. The van der Waals surface area contributed by atoms with Gasteiger partial charge in [-0.15, -0.1) is 0 Å². The Morgan fingerprint density at radius 2 is 1.94 bits per heavy atom. The molecule has 1 aromatic carbocycles. The van der Waals surface area contributed by atoms with Gasteiger partial charge in [0.25, 0.3) is 0 Å². The van der Waals surface area contributed by atoms with Gasteiger partial charge in [0.2, 0.25) is 0 Å². The summed E-state index contributed by atoms with van der Waals surface area (Å²) in [5.74, 6) is 0.944. The highest BCUT2D eigenvalue weighted by molar-refractivity contribution is 6.31. The van der Waals surface area contributed by atoms with Gasteiger partial charge in [-0.3, -0.25) is 0 Å². The fourth-order valence-electron chi connectivity index (χ4n) is 2.83. The first kappa shape index (κ1) is 12.8. The van der Waals surface area contributed by atoms with Gasteiger partial charge in [0.1, 0.15) is 5.82 Å². The number of rotatable bonds is 3. The second-order valence-corrected chi connectivity index (χ2v) is 5.39. The summed E-state index contributed by atoms with van der Waals surface area (Å²) in [6.45, 7) is 0.753. The number of hydrogen-bond donors (Lipinski definition) is 1. The molecule has 0 radical (unpaired) electrons. The van der Waals surface area contributed by atoms with Crippen LogP contribution in [0, 0.1) is 17.7 Å². The summed E-state index contributed by atoms with van der Waals surface area (Å²) in [6, 6.07) is 4.69. The Hall–Kier alpha value is -0.600. The minimum atomic E-state index is -0.266. The second kappa shape index (κ2) is 5.83. The molecule has 0 saturated heterocycles. The first-order valence-corrected chi connectivity index (χ1v) is 6.72. The molecule has 0 aliphatic heterocycles. The van der Waals surface area contributed by atoms with E-state index in [0.717, 1.165) is 18.5 Å². The average molecular weight is 256 g/mol. The normalized spacial score (nSPS) is 24.9. The summed E-state index contributed by atoms with van der Waals surface area (Å²) >= 11 is 6.07. The van der Waals surface area contributed by atoms with Gasteiger partial charge in [-0.2, -0.15) is 0 Å². The minimum Gasteiger partial charge on any atom is -0.330 e. The quantitative estimate of drug-likeness (QED) is 0.874. The predicted molar refractivity (Wildman–Crippen MR) is 69.6 cm³/mol. The van der Waals surface area contributed by atoms with Crippen LogP contribution in [0.2, 0.25) is 5.02 Å². The molecule has 2 rings (SSSR count). The molecule has 2 atom stereocenters. The third-order valence-corrected chi connectivity index (χ3v) is 4.22. The maximum atomic E-state index is 13.0. The highest BCUT2D eigenvalue weighted by Gasteiger charge is 2.24. The van der Waals surface area contributed by atoms with Crippen molar-refractivity contribution >= 4 is 11.6 Å². The van der Waals surface area contributed by atoms with E-state index in [9.17, 15) is 4.39 Å². The van der Waals surface area contributed by atoms with Crippen LogP contribution in [0.3, 0.4) is 0 Å². The van der Waals surface area contributed by atoms with Crippen LogP contribution in [-0.4, -0.2) is 6.54 Å². The summed E-state index contributed by atoms with van der Waals surface area (Å²) in [6.07, 6.45) is 5.94. The maximum absolute atomic E-state index is 13.0. The third kappa shape index (κ3) is 3.20. The fraction of sp³-hybridized carbons (Fsp3) is 0.571. The molecule has 0 aromatic heterocycles. The lowest BCUT2D eigenvalue weighted by Crippen LogP contribution is -2.28. The summed E-state index contributed by atoms with van der Waals surface area (Å²) < 4.78 is 13.0. The molecule has 1 aliphatic rings. The molecule has 94 valence electrons. The van der Waals surface area contributed by atoms with Crippen LogP contribution in [-0.2, 0) is 6.42 Å². The number of halogens is 2. The molecule has 0 spiro atoms. The van der Waals surface area contributed by atoms with E-state index in [-0.39, 0.29) is 5.82 Å². The van der Waals surface area contributed by atoms with Gasteiger partial charge >= 0.3 is 0 Å². The van der Waals surface area contributed by atoms with Crippen molar-refractivity contribution in [2.24, 2.45) is 17.6 Å². The molecule has 2 unspecified atom stereocenters. The topological polar surface area (TPSA) is 26.0 Å². The van der Waals surface area contributed by atoms with E-state index < -0.39 is 0 Å². The Balaban J connectivity index is 2.08. The Morgan fingerprint density at radius 1 is 1.24 bits per heavy atom. The van der Waals surface area contributed by atoms with Gasteiger partial charge in [0, 0.05) is 5.02 Å². The summed E-state index contributed by atoms with van der Waals surface area (Å²) in [7, 11) is 0. The smallest absolute Gasteiger partial charge is 0.124 e.